The second-order valence-corrected chi connectivity index (χ2v) is 4.23. The zero-order chi connectivity index (χ0) is 14.7. The molecule has 2 rings (SSSR count). The molecule has 1 N–H and O–H groups in total. The Morgan fingerprint density at radius 2 is 2.00 bits per heavy atom. The number of nitrogens with zero attached hydrogens (tertiary/aromatic N) is 1. The van der Waals surface area contributed by atoms with Crippen LogP contribution in [-0.2, 0) is 0 Å². The van der Waals surface area contributed by atoms with Crippen molar-refractivity contribution in [3.8, 4) is 11.5 Å². The number of phenolic OH excluding ortho intramolecular Hbond substituents is 1. The van der Waals surface area contributed by atoms with E-state index in [0.29, 0.717) is 11.4 Å². The molecule has 0 atom stereocenters. The fourth-order valence-corrected chi connectivity index (χ4v) is 1.80. The van der Waals surface area contributed by atoms with E-state index in [0.717, 1.165) is 18.2 Å². The van der Waals surface area contributed by atoms with Gasteiger partial charge in [-0.3, -0.25) is 4.79 Å². The van der Waals surface area contributed by atoms with Crippen LogP contribution in [0, 0.1) is 5.82 Å². The number of phenols is 1. The van der Waals surface area contributed by atoms with Gasteiger partial charge in [0.05, 0.1) is 12.7 Å². The lowest BCUT2D eigenvalue weighted by Crippen LogP contribution is -2.26. The van der Waals surface area contributed by atoms with Crippen LogP contribution < -0.4 is 9.64 Å². The van der Waals surface area contributed by atoms with E-state index in [9.17, 15) is 14.3 Å². The summed E-state index contributed by atoms with van der Waals surface area (Å²) in [6.45, 7) is 0. The quantitative estimate of drug-likeness (QED) is 0.937. The molecule has 0 saturated carbocycles. The van der Waals surface area contributed by atoms with Gasteiger partial charge in [-0.2, -0.15) is 0 Å². The number of carbonyl (C=O) groups excluding carboxylic acids is 1. The van der Waals surface area contributed by atoms with Gasteiger partial charge in [-0.25, -0.2) is 4.39 Å². The second-order valence-electron chi connectivity index (χ2n) is 4.23. The Labute approximate surface area is 116 Å². The standard InChI is InChI=1S/C15H14FNO3/c1-17(11-4-3-5-12(9-11)20-2)15(19)13-8-10(16)6-7-14(13)18/h3-9,18H,1-2H3. The van der Waals surface area contributed by atoms with Gasteiger partial charge in [0, 0.05) is 18.8 Å². The molecule has 104 valence electrons. The van der Waals surface area contributed by atoms with Crippen LogP contribution in [0.5, 0.6) is 11.5 Å². The molecule has 0 heterocycles. The minimum Gasteiger partial charge on any atom is -0.507 e. The van der Waals surface area contributed by atoms with E-state index in [1.807, 2.05) is 0 Å². The van der Waals surface area contributed by atoms with Crippen LogP contribution in [0.15, 0.2) is 42.5 Å². The molecule has 5 heteroatoms. The minimum absolute atomic E-state index is 0.0877. The van der Waals surface area contributed by atoms with Crippen molar-refractivity contribution in [2.24, 2.45) is 0 Å². The van der Waals surface area contributed by atoms with E-state index < -0.39 is 11.7 Å². The third-order valence-electron chi connectivity index (χ3n) is 2.93. The van der Waals surface area contributed by atoms with Gasteiger partial charge in [0.15, 0.2) is 0 Å². The lowest BCUT2D eigenvalue weighted by Gasteiger charge is -2.18. The second kappa shape index (κ2) is 5.61. The molecule has 2 aromatic rings. The molecule has 0 bridgehead atoms. The van der Waals surface area contributed by atoms with Crippen LogP contribution in [0.4, 0.5) is 10.1 Å². The van der Waals surface area contributed by atoms with E-state index in [2.05, 4.69) is 0 Å². The summed E-state index contributed by atoms with van der Waals surface area (Å²) in [5.41, 5.74) is 0.494. The van der Waals surface area contributed by atoms with Crippen molar-refractivity contribution in [3.05, 3.63) is 53.8 Å². The number of methoxy groups -OCH3 is 1. The zero-order valence-corrected chi connectivity index (χ0v) is 11.1. The van der Waals surface area contributed by atoms with Gasteiger partial charge >= 0.3 is 0 Å². The van der Waals surface area contributed by atoms with Gasteiger partial charge < -0.3 is 14.7 Å². The molecule has 0 radical (unpaired) electrons. The molecule has 0 aromatic heterocycles. The van der Waals surface area contributed by atoms with Gasteiger partial charge in [0.1, 0.15) is 17.3 Å². The smallest absolute Gasteiger partial charge is 0.261 e. The highest BCUT2D eigenvalue weighted by Crippen LogP contribution is 2.24. The van der Waals surface area contributed by atoms with E-state index in [4.69, 9.17) is 4.74 Å². The van der Waals surface area contributed by atoms with Crippen LogP contribution in [-0.4, -0.2) is 25.2 Å². The van der Waals surface area contributed by atoms with Crippen molar-refractivity contribution in [3.63, 3.8) is 0 Å². The topological polar surface area (TPSA) is 49.8 Å². The molecule has 0 fully saturated rings. The molecule has 0 saturated heterocycles. The predicted octanol–water partition coefficient (Wildman–Crippen LogP) is 2.82. The first-order valence-corrected chi connectivity index (χ1v) is 5.93. The average Bonchev–Trinajstić information content (AvgIpc) is 2.48. The molecule has 0 unspecified atom stereocenters. The van der Waals surface area contributed by atoms with E-state index in [-0.39, 0.29) is 11.3 Å². The van der Waals surface area contributed by atoms with Gasteiger partial charge in [0.25, 0.3) is 5.91 Å². The number of amides is 1. The van der Waals surface area contributed by atoms with Crippen molar-refractivity contribution in [1.82, 2.24) is 0 Å². The van der Waals surface area contributed by atoms with Gasteiger partial charge in [-0.15, -0.1) is 0 Å². The summed E-state index contributed by atoms with van der Waals surface area (Å²) in [7, 11) is 3.07. The number of aromatic hydroxyl groups is 1. The van der Waals surface area contributed by atoms with Crippen LogP contribution in [0.25, 0.3) is 0 Å². The number of hydrogen-bond acceptors (Lipinski definition) is 3. The minimum atomic E-state index is -0.579. The number of rotatable bonds is 3. The number of benzene rings is 2. The monoisotopic (exact) mass is 275 g/mol. The van der Waals surface area contributed by atoms with Crippen LogP contribution >= 0.6 is 0 Å². The molecule has 20 heavy (non-hydrogen) atoms. The van der Waals surface area contributed by atoms with E-state index >= 15 is 0 Å². The Balaban J connectivity index is 2.34. The third-order valence-corrected chi connectivity index (χ3v) is 2.93. The average molecular weight is 275 g/mol. The maximum absolute atomic E-state index is 13.2. The lowest BCUT2D eigenvalue weighted by molar-refractivity contribution is 0.0990. The molecule has 0 aliphatic carbocycles. The first-order valence-electron chi connectivity index (χ1n) is 5.93. The number of carbonyl (C=O) groups is 1. The maximum Gasteiger partial charge on any atom is 0.261 e. The summed E-state index contributed by atoms with van der Waals surface area (Å²) in [5, 5.41) is 9.66. The molecule has 0 aliphatic rings. The van der Waals surface area contributed by atoms with E-state index in [1.165, 1.54) is 12.0 Å². The first kappa shape index (κ1) is 13.9. The van der Waals surface area contributed by atoms with E-state index in [1.54, 1.807) is 31.3 Å². The fraction of sp³-hybridized carbons (Fsp3) is 0.133. The highest BCUT2D eigenvalue weighted by Gasteiger charge is 2.18. The predicted molar refractivity (Wildman–Crippen MR) is 73.8 cm³/mol. The number of halogens is 1. The summed E-state index contributed by atoms with van der Waals surface area (Å²) in [5.74, 6) is -0.739. The molecular formula is C15H14FNO3. The zero-order valence-electron chi connectivity index (χ0n) is 11.1. The van der Waals surface area contributed by atoms with Crippen molar-refractivity contribution in [1.29, 1.82) is 0 Å². The van der Waals surface area contributed by atoms with Gasteiger partial charge in [-0.05, 0) is 30.3 Å². The first-order chi connectivity index (χ1) is 9.52. The van der Waals surface area contributed by atoms with Gasteiger partial charge in [0.2, 0.25) is 0 Å². The molecule has 4 nitrogen and oxygen atoms in total. The summed E-state index contributed by atoms with van der Waals surface area (Å²) < 4.78 is 18.3. The molecule has 1 amide bonds. The third kappa shape index (κ3) is 2.71. The highest BCUT2D eigenvalue weighted by atomic mass is 19.1. The maximum atomic E-state index is 13.2. The van der Waals surface area contributed by atoms with Crippen molar-refractivity contribution in [2.45, 2.75) is 0 Å². The molecule has 0 spiro atoms. The summed E-state index contributed by atoms with van der Waals surface area (Å²) in [6.07, 6.45) is 0. The Bertz CT molecular complexity index is 643. The lowest BCUT2D eigenvalue weighted by atomic mass is 10.1. The summed E-state index contributed by atoms with van der Waals surface area (Å²) in [4.78, 5) is 13.6. The van der Waals surface area contributed by atoms with Crippen molar-refractivity contribution >= 4 is 11.6 Å². The number of hydrogen-bond donors (Lipinski definition) is 1. The largest absolute Gasteiger partial charge is 0.507 e. The Hall–Kier alpha value is -2.56. The number of ether oxygens (including phenoxy) is 1. The Morgan fingerprint density at radius 3 is 2.70 bits per heavy atom. The van der Waals surface area contributed by atoms with Crippen LogP contribution in [0.1, 0.15) is 10.4 Å². The summed E-state index contributed by atoms with van der Waals surface area (Å²) >= 11 is 0. The highest BCUT2D eigenvalue weighted by molar-refractivity contribution is 6.07. The Kier molecular flexibility index (Phi) is 3.89. The van der Waals surface area contributed by atoms with Crippen molar-refractivity contribution < 1.29 is 19.0 Å². The SMILES string of the molecule is COc1cccc(N(C)C(=O)c2cc(F)ccc2O)c1. The molecular weight excluding hydrogens is 261 g/mol. The number of anilines is 1. The molecule has 2 aromatic carbocycles. The summed E-state index contributed by atoms with van der Waals surface area (Å²) in [6, 6.07) is 10.1. The van der Waals surface area contributed by atoms with Crippen molar-refractivity contribution in [2.75, 3.05) is 19.1 Å². The van der Waals surface area contributed by atoms with Crippen LogP contribution in [0.2, 0.25) is 0 Å². The Morgan fingerprint density at radius 1 is 1.25 bits per heavy atom. The normalized spacial score (nSPS) is 10.2. The fourth-order valence-electron chi connectivity index (χ4n) is 1.80. The van der Waals surface area contributed by atoms with Crippen LogP contribution in [0.3, 0.4) is 0 Å². The van der Waals surface area contributed by atoms with Gasteiger partial charge in [-0.1, -0.05) is 6.07 Å². The molecule has 0 aliphatic heterocycles.